The molecule has 1 heterocycles. The molecular formula is C25H19ClFN3O3S. The van der Waals surface area contributed by atoms with E-state index in [0.717, 1.165) is 11.8 Å². The Hall–Kier alpha value is -3.49. The number of Topliss-reactive ketones (excluding diaryl/α,β-unsaturated/α-hetero) is 1. The van der Waals surface area contributed by atoms with Crippen molar-refractivity contribution in [1.82, 2.24) is 9.55 Å². The summed E-state index contributed by atoms with van der Waals surface area (Å²) >= 11 is 7.05. The van der Waals surface area contributed by atoms with Crippen LogP contribution in [0.15, 0.2) is 76.7 Å². The minimum Gasteiger partial charge on any atom is -0.325 e. The zero-order chi connectivity index (χ0) is 24.4. The SMILES string of the molecule is CC(=O)c1ccc(NC(=O)[C@H](C)Sc2nc3ccccc3c(=O)n2-c2ccc(F)c(Cl)c2)cc1. The van der Waals surface area contributed by atoms with E-state index in [1.807, 2.05) is 0 Å². The number of hydrogen-bond donors (Lipinski definition) is 1. The maximum absolute atomic E-state index is 13.7. The first-order chi connectivity index (χ1) is 16.2. The number of nitrogens with zero attached hydrogens (tertiary/aromatic N) is 2. The third kappa shape index (κ3) is 4.88. The van der Waals surface area contributed by atoms with E-state index in [1.54, 1.807) is 55.5 Å². The monoisotopic (exact) mass is 495 g/mol. The second kappa shape index (κ2) is 9.79. The van der Waals surface area contributed by atoms with E-state index in [4.69, 9.17) is 11.6 Å². The molecule has 4 aromatic rings. The van der Waals surface area contributed by atoms with Crippen molar-refractivity contribution in [3.63, 3.8) is 0 Å². The number of ketones is 1. The van der Waals surface area contributed by atoms with Crippen LogP contribution in [0, 0.1) is 5.82 Å². The molecule has 34 heavy (non-hydrogen) atoms. The smallest absolute Gasteiger partial charge is 0.266 e. The minimum atomic E-state index is -0.636. The molecule has 0 unspecified atom stereocenters. The van der Waals surface area contributed by atoms with Crippen LogP contribution in [-0.2, 0) is 4.79 Å². The molecule has 4 rings (SSSR count). The lowest BCUT2D eigenvalue weighted by Crippen LogP contribution is -2.26. The van der Waals surface area contributed by atoms with Crippen molar-refractivity contribution >= 4 is 51.6 Å². The molecule has 0 spiro atoms. The highest BCUT2D eigenvalue weighted by Gasteiger charge is 2.21. The van der Waals surface area contributed by atoms with Gasteiger partial charge in [-0.05, 0) is 68.4 Å². The third-order valence-electron chi connectivity index (χ3n) is 5.12. The number of anilines is 1. The Labute approximate surface area is 203 Å². The van der Waals surface area contributed by atoms with E-state index < -0.39 is 11.1 Å². The Kier molecular flexibility index (Phi) is 6.81. The van der Waals surface area contributed by atoms with Crippen molar-refractivity contribution in [2.45, 2.75) is 24.3 Å². The Balaban J connectivity index is 1.68. The van der Waals surface area contributed by atoms with Gasteiger partial charge in [-0.25, -0.2) is 9.37 Å². The average molecular weight is 496 g/mol. The van der Waals surface area contributed by atoms with Gasteiger partial charge >= 0.3 is 0 Å². The molecule has 0 aliphatic heterocycles. The quantitative estimate of drug-likeness (QED) is 0.217. The van der Waals surface area contributed by atoms with Crippen LogP contribution in [0.3, 0.4) is 0 Å². The summed E-state index contributed by atoms with van der Waals surface area (Å²) in [6.07, 6.45) is 0. The summed E-state index contributed by atoms with van der Waals surface area (Å²) in [5, 5.41) is 2.68. The van der Waals surface area contributed by atoms with Crippen LogP contribution in [0.4, 0.5) is 10.1 Å². The first-order valence-electron chi connectivity index (χ1n) is 10.3. The van der Waals surface area contributed by atoms with Gasteiger partial charge in [0.1, 0.15) is 5.82 Å². The van der Waals surface area contributed by atoms with Crippen LogP contribution in [0.5, 0.6) is 0 Å². The van der Waals surface area contributed by atoms with Crippen molar-refractivity contribution in [1.29, 1.82) is 0 Å². The molecule has 172 valence electrons. The second-order valence-corrected chi connectivity index (χ2v) is 9.25. The Bertz CT molecular complexity index is 1470. The van der Waals surface area contributed by atoms with Crippen molar-refractivity contribution in [3.8, 4) is 5.69 Å². The number of carbonyl (C=O) groups excluding carboxylic acids is 2. The van der Waals surface area contributed by atoms with Gasteiger partial charge in [0.15, 0.2) is 10.9 Å². The molecule has 1 atom stereocenters. The molecule has 0 bridgehead atoms. The molecule has 9 heteroatoms. The highest BCUT2D eigenvalue weighted by atomic mass is 35.5. The number of benzene rings is 3. The van der Waals surface area contributed by atoms with Crippen molar-refractivity contribution in [2.24, 2.45) is 0 Å². The molecule has 0 saturated heterocycles. The standard InChI is InChI=1S/C25H19ClFN3O3S/c1-14(31)16-7-9-17(10-8-16)28-23(32)15(2)34-25-29-22-6-4-3-5-19(22)24(33)30(25)18-11-12-21(27)20(26)13-18/h3-13,15H,1-2H3,(H,28,32)/t15-/m0/s1. The van der Waals surface area contributed by atoms with Crippen LogP contribution < -0.4 is 10.9 Å². The van der Waals surface area contributed by atoms with E-state index >= 15 is 0 Å². The number of halogens is 2. The summed E-state index contributed by atoms with van der Waals surface area (Å²) < 4.78 is 15.1. The molecule has 0 radical (unpaired) electrons. The number of rotatable bonds is 6. The summed E-state index contributed by atoms with van der Waals surface area (Å²) in [6, 6.07) is 17.4. The van der Waals surface area contributed by atoms with Crippen molar-refractivity contribution in [2.75, 3.05) is 5.32 Å². The number of hydrogen-bond acceptors (Lipinski definition) is 5. The topological polar surface area (TPSA) is 81.1 Å². The van der Waals surface area contributed by atoms with E-state index in [0.29, 0.717) is 27.8 Å². The molecule has 1 N–H and O–H groups in total. The molecule has 0 aliphatic rings. The van der Waals surface area contributed by atoms with E-state index in [-0.39, 0.29) is 27.4 Å². The largest absolute Gasteiger partial charge is 0.325 e. The average Bonchev–Trinajstić information content (AvgIpc) is 2.81. The number of thioether (sulfide) groups is 1. The third-order valence-corrected chi connectivity index (χ3v) is 6.46. The summed E-state index contributed by atoms with van der Waals surface area (Å²) in [4.78, 5) is 42.2. The lowest BCUT2D eigenvalue weighted by atomic mass is 10.1. The zero-order valence-corrected chi connectivity index (χ0v) is 19.8. The zero-order valence-electron chi connectivity index (χ0n) is 18.2. The molecule has 1 aromatic heterocycles. The van der Waals surface area contributed by atoms with E-state index in [2.05, 4.69) is 10.3 Å². The Morgan fingerprint density at radius 1 is 1.09 bits per heavy atom. The Morgan fingerprint density at radius 3 is 2.47 bits per heavy atom. The first-order valence-corrected chi connectivity index (χ1v) is 11.6. The predicted molar refractivity (Wildman–Crippen MR) is 133 cm³/mol. The second-order valence-electron chi connectivity index (χ2n) is 7.53. The van der Waals surface area contributed by atoms with Gasteiger partial charge in [-0.1, -0.05) is 35.5 Å². The van der Waals surface area contributed by atoms with Gasteiger partial charge in [0.05, 0.1) is 26.9 Å². The molecule has 1 amide bonds. The fourth-order valence-corrected chi connectivity index (χ4v) is 4.39. The first kappa shape index (κ1) is 23.7. The van der Waals surface area contributed by atoms with Gasteiger partial charge in [0, 0.05) is 11.3 Å². The number of carbonyl (C=O) groups is 2. The van der Waals surface area contributed by atoms with Crippen LogP contribution >= 0.6 is 23.4 Å². The summed E-state index contributed by atoms with van der Waals surface area (Å²) in [7, 11) is 0. The minimum absolute atomic E-state index is 0.0666. The molecule has 6 nitrogen and oxygen atoms in total. The van der Waals surface area contributed by atoms with Gasteiger partial charge < -0.3 is 5.32 Å². The molecular weight excluding hydrogens is 477 g/mol. The molecule has 0 aliphatic carbocycles. The lowest BCUT2D eigenvalue weighted by Gasteiger charge is -2.17. The van der Waals surface area contributed by atoms with Gasteiger partial charge in [-0.3, -0.25) is 19.0 Å². The molecule has 0 fully saturated rings. The maximum Gasteiger partial charge on any atom is 0.266 e. The highest BCUT2D eigenvalue weighted by Crippen LogP contribution is 2.27. The maximum atomic E-state index is 13.7. The molecule has 3 aromatic carbocycles. The van der Waals surface area contributed by atoms with Crippen LogP contribution in [0.25, 0.3) is 16.6 Å². The predicted octanol–water partition coefficient (Wildman–Crippen LogP) is 5.50. The number of fused-ring (bicyclic) bond motifs is 1. The Morgan fingerprint density at radius 2 is 1.79 bits per heavy atom. The fourth-order valence-electron chi connectivity index (χ4n) is 3.29. The lowest BCUT2D eigenvalue weighted by molar-refractivity contribution is -0.115. The molecule has 0 saturated carbocycles. The number of para-hydroxylation sites is 1. The highest BCUT2D eigenvalue weighted by molar-refractivity contribution is 8.00. The van der Waals surface area contributed by atoms with Crippen molar-refractivity contribution in [3.05, 3.63) is 93.5 Å². The van der Waals surface area contributed by atoms with E-state index in [9.17, 15) is 18.8 Å². The summed E-state index contributed by atoms with van der Waals surface area (Å²) in [6.45, 7) is 3.16. The summed E-state index contributed by atoms with van der Waals surface area (Å²) in [5.74, 6) is -0.986. The normalized spacial score (nSPS) is 11.9. The summed E-state index contributed by atoms with van der Waals surface area (Å²) in [5.41, 5.74) is 1.54. The van der Waals surface area contributed by atoms with Gasteiger partial charge in [0.2, 0.25) is 5.91 Å². The van der Waals surface area contributed by atoms with Crippen LogP contribution in [0.2, 0.25) is 5.02 Å². The van der Waals surface area contributed by atoms with E-state index in [1.165, 1.54) is 29.7 Å². The number of aromatic nitrogens is 2. The van der Waals surface area contributed by atoms with Crippen molar-refractivity contribution < 1.29 is 14.0 Å². The number of nitrogens with one attached hydrogen (secondary N) is 1. The van der Waals surface area contributed by atoms with Crippen LogP contribution in [0.1, 0.15) is 24.2 Å². The van der Waals surface area contributed by atoms with Gasteiger partial charge in [-0.15, -0.1) is 0 Å². The van der Waals surface area contributed by atoms with Gasteiger partial charge in [-0.2, -0.15) is 0 Å². The number of amides is 1. The van der Waals surface area contributed by atoms with Crippen LogP contribution in [-0.4, -0.2) is 26.5 Å². The fraction of sp³-hybridized carbons (Fsp3) is 0.120. The van der Waals surface area contributed by atoms with Gasteiger partial charge in [0.25, 0.3) is 5.56 Å².